The van der Waals surface area contributed by atoms with E-state index in [0.717, 1.165) is 36.9 Å². The van der Waals surface area contributed by atoms with E-state index >= 15 is 0 Å². The number of hydrogen-bond donors (Lipinski definition) is 2. The lowest BCUT2D eigenvalue weighted by Gasteiger charge is -2.16. The molecule has 2 atom stereocenters. The first-order valence-corrected chi connectivity index (χ1v) is 12.4. The summed E-state index contributed by atoms with van der Waals surface area (Å²) in [6.45, 7) is 9.24. The van der Waals surface area contributed by atoms with E-state index in [2.05, 4.69) is 24.1 Å². The number of rotatable bonds is 10. The van der Waals surface area contributed by atoms with Gasteiger partial charge in [-0.3, -0.25) is 4.79 Å². The molecule has 1 aliphatic rings. The quantitative estimate of drug-likeness (QED) is 0.291. The number of aromatic nitrogens is 2. The van der Waals surface area contributed by atoms with E-state index in [0.29, 0.717) is 35.4 Å². The molecule has 1 amide bonds. The number of amides is 1. The molecule has 3 heterocycles. The number of nitrogens with one attached hydrogen (secondary N) is 2. The van der Waals surface area contributed by atoms with Gasteiger partial charge in [0.05, 0.1) is 37.3 Å². The van der Waals surface area contributed by atoms with Gasteiger partial charge < -0.3 is 24.7 Å². The Labute approximate surface area is 211 Å². The summed E-state index contributed by atoms with van der Waals surface area (Å²) in [6.07, 6.45) is 5.44. The molecule has 0 aliphatic carbocycles. The van der Waals surface area contributed by atoms with E-state index < -0.39 is 5.97 Å². The molecule has 1 fully saturated rings. The van der Waals surface area contributed by atoms with Crippen molar-refractivity contribution in [1.82, 2.24) is 9.55 Å². The molecular weight excluding hydrogens is 456 g/mol. The predicted molar refractivity (Wildman–Crippen MR) is 142 cm³/mol. The zero-order chi connectivity index (χ0) is 25.7. The monoisotopic (exact) mass is 490 g/mol. The highest BCUT2D eigenvalue weighted by molar-refractivity contribution is 6.14. The number of hydrogen-bond acceptors (Lipinski definition) is 6. The molecule has 8 nitrogen and oxygen atoms in total. The summed E-state index contributed by atoms with van der Waals surface area (Å²) in [5, 5.41) is 7.11. The van der Waals surface area contributed by atoms with Crippen molar-refractivity contribution >= 4 is 34.3 Å². The Morgan fingerprint density at radius 3 is 2.75 bits per heavy atom. The molecule has 4 rings (SSSR count). The standard InChI is InChI=1S/C28H34N4O4/c1-18(2)12-13-19(3)30-21-15-23-24(31-27(33)20-9-6-5-7-10-20)25(28(34)35-4)32(26(23)29-16-21)17-22-11-8-14-36-22/h5-7,9-10,15-16,19,22,30H,1,8,11-14,17H2,2-4H3,(H,31,33)/t19-,22-/m1/s1. The summed E-state index contributed by atoms with van der Waals surface area (Å²) in [4.78, 5) is 30.9. The minimum Gasteiger partial charge on any atom is -0.464 e. The van der Waals surface area contributed by atoms with E-state index in [9.17, 15) is 9.59 Å². The van der Waals surface area contributed by atoms with Crippen LogP contribution in [-0.4, -0.2) is 47.3 Å². The molecule has 0 spiro atoms. The van der Waals surface area contributed by atoms with E-state index in [1.165, 1.54) is 7.11 Å². The van der Waals surface area contributed by atoms with Gasteiger partial charge in [0.1, 0.15) is 5.65 Å². The number of ether oxygens (including phenoxy) is 2. The molecule has 0 radical (unpaired) electrons. The third-order valence-corrected chi connectivity index (χ3v) is 6.38. The van der Waals surface area contributed by atoms with Gasteiger partial charge in [0.25, 0.3) is 5.91 Å². The fourth-order valence-corrected chi connectivity index (χ4v) is 4.50. The highest BCUT2D eigenvalue weighted by Crippen LogP contribution is 2.34. The van der Waals surface area contributed by atoms with Crippen molar-refractivity contribution in [2.45, 2.75) is 58.2 Å². The number of nitrogens with zero attached hydrogens (tertiary/aromatic N) is 2. The van der Waals surface area contributed by atoms with Gasteiger partial charge in [-0.05, 0) is 57.7 Å². The molecule has 190 valence electrons. The average molecular weight is 491 g/mol. The van der Waals surface area contributed by atoms with Crippen molar-refractivity contribution < 1.29 is 19.1 Å². The van der Waals surface area contributed by atoms with Crippen molar-refractivity contribution in [3.63, 3.8) is 0 Å². The van der Waals surface area contributed by atoms with E-state index in [4.69, 9.17) is 14.5 Å². The van der Waals surface area contributed by atoms with Crippen molar-refractivity contribution in [3.8, 4) is 0 Å². The molecular formula is C28H34N4O4. The summed E-state index contributed by atoms with van der Waals surface area (Å²) >= 11 is 0. The Balaban J connectivity index is 1.78. The van der Waals surface area contributed by atoms with Crippen LogP contribution >= 0.6 is 0 Å². The number of methoxy groups -OCH3 is 1. The van der Waals surface area contributed by atoms with Gasteiger partial charge in [-0.1, -0.05) is 23.8 Å². The lowest BCUT2D eigenvalue weighted by Crippen LogP contribution is -2.21. The van der Waals surface area contributed by atoms with Gasteiger partial charge >= 0.3 is 5.97 Å². The zero-order valence-electron chi connectivity index (χ0n) is 21.2. The summed E-state index contributed by atoms with van der Waals surface area (Å²) in [5.74, 6) is -0.858. The van der Waals surface area contributed by atoms with Crippen molar-refractivity contribution in [1.29, 1.82) is 0 Å². The Morgan fingerprint density at radius 2 is 2.08 bits per heavy atom. The number of pyridine rings is 1. The predicted octanol–water partition coefficient (Wildman–Crippen LogP) is 5.41. The van der Waals surface area contributed by atoms with Crippen LogP contribution in [0.5, 0.6) is 0 Å². The molecule has 2 N–H and O–H groups in total. The van der Waals surface area contributed by atoms with Crippen LogP contribution in [0, 0.1) is 0 Å². The highest BCUT2D eigenvalue weighted by Gasteiger charge is 2.29. The van der Waals surface area contributed by atoms with Gasteiger partial charge in [0.15, 0.2) is 5.69 Å². The van der Waals surface area contributed by atoms with Crippen molar-refractivity contribution in [3.05, 3.63) is 66.0 Å². The summed E-state index contributed by atoms with van der Waals surface area (Å²) in [6, 6.07) is 11.0. The summed E-state index contributed by atoms with van der Waals surface area (Å²) < 4.78 is 12.8. The third kappa shape index (κ3) is 5.76. The Kier molecular flexibility index (Phi) is 8.05. The van der Waals surface area contributed by atoms with Gasteiger partial charge in [0.2, 0.25) is 0 Å². The summed E-state index contributed by atoms with van der Waals surface area (Å²) in [7, 11) is 1.34. The molecule has 3 aromatic rings. The van der Waals surface area contributed by atoms with Crippen LogP contribution in [0.3, 0.4) is 0 Å². The first-order chi connectivity index (χ1) is 17.4. The second kappa shape index (κ2) is 11.4. The molecule has 0 unspecified atom stereocenters. The number of esters is 1. The second-order valence-electron chi connectivity index (χ2n) is 9.42. The molecule has 1 aromatic carbocycles. The topological polar surface area (TPSA) is 94.5 Å². The SMILES string of the molecule is C=C(C)CC[C@@H](C)Nc1cnc2c(c1)c(NC(=O)c1ccccc1)c(C(=O)OC)n2C[C@H]1CCCO1. The molecule has 0 bridgehead atoms. The molecule has 36 heavy (non-hydrogen) atoms. The normalized spacial score (nSPS) is 16.0. The first kappa shape index (κ1) is 25.4. The average Bonchev–Trinajstić information content (AvgIpc) is 3.49. The number of fused-ring (bicyclic) bond motifs is 1. The molecule has 1 saturated heterocycles. The third-order valence-electron chi connectivity index (χ3n) is 6.38. The number of carbonyl (C=O) groups is 2. The highest BCUT2D eigenvalue weighted by atomic mass is 16.5. The van der Waals surface area contributed by atoms with E-state index in [1.54, 1.807) is 30.5 Å². The largest absolute Gasteiger partial charge is 0.464 e. The van der Waals surface area contributed by atoms with E-state index in [1.807, 2.05) is 23.6 Å². The van der Waals surface area contributed by atoms with Gasteiger partial charge in [0, 0.05) is 23.6 Å². The van der Waals surface area contributed by atoms with Gasteiger partial charge in [-0.25, -0.2) is 9.78 Å². The lowest BCUT2D eigenvalue weighted by molar-refractivity contribution is 0.0580. The van der Waals surface area contributed by atoms with Crippen LogP contribution in [0.25, 0.3) is 11.0 Å². The van der Waals surface area contributed by atoms with Crippen LogP contribution in [-0.2, 0) is 16.0 Å². The summed E-state index contributed by atoms with van der Waals surface area (Å²) in [5.41, 5.74) is 3.66. The first-order valence-electron chi connectivity index (χ1n) is 12.4. The van der Waals surface area contributed by atoms with Crippen molar-refractivity contribution in [2.75, 3.05) is 24.4 Å². The maximum Gasteiger partial charge on any atom is 0.356 e. The molecule has 0 saturated carbocycles. The minimum atomic E-state index is -0.543. The fourth-order valence-electron chi connectivity index (χ4n) is 4.50. The number of anilines is 2. The van der Waals surface area contributed by atoms with Crippen LogP contribution < -0.4 is 10.6 Å². The minimum absolute atomic E-state index is 0.0385. The molecule has 1 aliphatic heterocycles. The van der Waals surface area contributed by atoms with Crippen LogP contribution in [0.15, 0.2) is 54.7 Å². The van der Waals surface area contributed by atoms with Crippen molar-refractivity contribution in [2.24, 2.45) is 0 Å². The lowest BCUT2D eigenvalue weighted by atomic mass is 10.1. The maximum atomic E-state index is 13.1. The number of benzene rings is 1. The van der Waals surface area contributed by atoms with Gasteiger partial charge in [-0.2, -0.15) is 0 Å². The van der Waals surface area contributed by atoms with E-state index in [-0.39, 0.29) is 23.7 Å². The Bertz CT molecular complexity index is 1250. The molecule has 8 heteroatoms. The Morgan fingerprint density at radius 1 is 1.31 bits per heavy atom. The Hall–Kier alpha value is -3.65. The smallest absolute Gasteiger partial charge is 0.356 e. The van der Waals surface area contributed by atoms with Crippen LogP contribution in [0.4, 0.5) is 11.4 Å². The number of carbonyl (C=O) groups excluding carboxylic acids is 2. The fraction of sp³-hybridized carbons (Fsp3) is 0.393. The molecule has 2 aromatic heterocycles. The van der Waals surface area contributed by atoms with Gasteiger partial charge in [-0.15, -0.1) is 6.58 Å². The number of allylic oxidation sites excluding steroid dienone is 1. The maximum absolute atomic E-state index is 13.1. The zero-order valence-corrected chi connectivity index (χ0v) is 21.2. The second-order valence-corrected chi connectivity index (χ2v) is 9.42. The van der Waals surface area contributed by atoms with Crippen LogP contribution in [0.1, 0.15) is 60.4 Å². The van der Waals surface area contributed by atoms with Crippen LogP contribution in [0.2, 0.25) is 0 Å².